The number of nitrogens with one attached hydrogen (secondary N) is 1. The van der Waals surface area contributed by atoms with Crippen LogP contribution < -0.4 is 5.32 Å². The second-order valence-electron chi connectivity index (χ2n) is 10.2. The number of rotatable bonds is 8. The van der Waals surface area contributed by atoms with Crippen molar-refractivity contribution in [1.29, 1.82) is 0 Å². The zero-order valence-corrected chi connectivity index (χ0v) is 21.0. The van der Waals surface area contributed by atoms with Crippen molar-refractivity contribution in [2.45, 2.75) is 70.5 Å². The third-order valence-electron chi connectivity index (χ3n) is 8.44. The van der Waals surface area contributed by atoms with Gasteiger partial charge in [-0.05, 0) is 44.7 Å². The van der Waals surface area contributed by atoms with Gasteiger partial charge >= 0.3 is 5.97 Å². The molecule has 2 bridgehead atoms. The minimum atomic E-state index is -1.19. The largest absolute Gasteiger partial charge is 0.466 e. The molecule has 3 fully saturated rings. The van der Waals surface area contributed by atoms with Gasteiger partial charge in [0.15, 0.2) is 0 Å². The van der Waals surface area contributed by atoms with E-state index in [9.17, 15) is 19.5 Å². The van der Waals surface area contributed by atoms with Gasteiger partial charge in [0.25, 0.3) is 0 Å². The molecule has 0 aliphatic carbocycles. The number of fused-ring (bicyclic) bond motifs is 2. The second kappa shape index (κ2) is 8.81. The maximum absolute atomic E-state index is 13.9. The molecule has 1 spiro atoms. The summed E-state index contributed by atoms with van der Waals surface area (Å²) in [6.07, 6.45) is 0.887. The molecule has 2 aromatic rings. The molecule has 3 aliphatic rings. The zero-order chi connectivity index (χ0) is 25.8. The SMILES string of the molecule is CCOC(=O)[C@H]1[C@H]2C(=O)N([C@@H](CC)CO)C(C(=O)NCn3nnc4ccccc43)C23CC(C)[C@]1(C)O3. The summed E-state index contributed by atoms with van der Waals surface area (Å²) in [5.41, 5.74) is -0.664. The lowest BCUT2D eigenvalue weighted by molar-refractivity contribution is -0.162. The summed E-state index contributed by atoms with van der Waals surface area (Å²) in [5.74, 6) is -3.03. The number of benzene rings is 1. The highest BCUT2D eigenvalue weighted by atomic mass is 16.6. The van der Waals surface area contributed by atoms with Gasteiger partial charge in [0.1, 0.15) is 29.7 Å². The Morgan fingerprint density at radius 1 is 1.33 bits per heavy atom. The lowest BCUT2D eigenvalue weighted by Crippen LogP contribution is -2.58. The lowest BCUT2D eigenvalue weighted by Gasteiger charge is -2.36. The number of likely N-dealkylation sites (tertiary alicyclic amines) is 1. The average molecular weight is 500 g/mol. The summed E-state index contributed by atoms with van der Waals surface area (Å²) in [6.45, 7) is 7.30. The number of nitrogens with zero attached hydrogens (tertiary/aromatic N) is 4. The van der Waals surface area contributed by atoms with Crippen molar-refractivity contribution in [1.82, 2.24) is 25.2 Å². The van der Waals surface area contributed by atoms with Gasteiger partial charge in [0, 0.05) is 0 Å². The molecule has 0 radical (unpaired) electrons. The molecular formula is C25H33N5O6. The van der Waals surface area contributed by atoms with Crippen molar-refractivity contribution in [2.75, 3.05) is 13.2 Å². The van der Waals surface area contributed by atoms with Crippen LogP contribution in [-0.2, 0) is 30.5 Å². The molecule has 194 valence electrons. The molecule has 3 aliphatic heterocycles. The summed E-state index contributed by atoms with van der Waals surface area (Å²) < 4.78 is 13.5. The van der Waals surface area contributed by atoms with Crippen LogP contribution in [0.4, 0.5) is 0 Å². The fourth-order valence-corrected chi connectivity index (χ4v) is 6.66. The van der Waals surface area contributed by atoms with Crippen LogP contribution in [-0.4, -0.2) is 79.3 Å². The standard InChI is InChI=1S/C25H33N5O6/c1-5-15(12-31)30-20(21(32)26-13-29-17-10-8-7-9-16(17)27-28-29)25-11-14(3)24(4,36-25)19(18(25)22(30)33)23(34)35-6-2/h7-10,14-15,18-20,31H,5-6,11-13H2,1-4H3,(H,26,32)/t14?,15-,18-,19+,20?,24-,25?/m0/s1. The highest BCUT2D eigenvalue weighted by Gasteiger charge is 2.80. The lowest BCUT2D eigenvalue weighted by atomic mass is 9.62. The number of aliphatic hydroxyl groups is 1. The minimum absolute atomic E-state index is 0.0443. The molecule has 1 aromatic carbocycles. The van der Waals surface area contributed by atoms with Crippen molar-refractivity contribution in [3.8, 4) is 0 Å². The molecule has 1 aromatic heterocycles. The maximum atomic E-state index is 13.9. The Labute approximate surface area is 209 Å². The smallest absolute Gasteiger partial charge is 0.312 e. The van der Waals surface area contributed by atoms with Crippen LogP contribution in [0, 0.1) is 17.8 Å². The molecule has 3 unspecified atom stereocenters. The third kappa shape index (κ3) is 3.28. The number of carbonyl (C=O) groups excluding carboxylic acids is 3. The fraction of sp³-hybridized carbons (Fsp3) is 0.640. The summed E-state index contributed by atoms with van der Waals surface area (Å²) in [4.78, 5) is 42.4. The highest BCUT2D eigenvalue weighted by Crippen LogP contribution is 2.65. The molecular weight excluding hydrogens is 466 g/mol. The molecule has 2 N–H and O–H groups in total. The molecule has 2 amide bonds. The van der Waals surface area contributed by atoms with E-state index in [1.807, 2.05) is 45.0 Å². The Balaban J connectivity index is 1.52. The van der Waals surface area contributed by atoms with Gasteiger partial charge in [-0.3, -0.25) is 14.4 Å². The van der Waals surface area contributed by atoms with Crippen LogP contribution in [0.2, 0.25) is 0 Å². The predicted molar refractivity (Wildman–Crippen MR) is 127 cm³/mol. The molecule has 11 nitrogen and oxygen atoms in total. The molecule has 7 atom stereocenters. The number of hydrogen-bond acceptors (Lipinski definition) is 8. The Bertz CT molecular complexity index is 1200. The van der Waals surface area contributed by atoms with Gasteiger partial charge in [0.2, 0.25) is 11.8 Å². The van der Waals surface area contributed by atoms with Gasteiger partial charge in [0.05, 0.1) is 36.3 Å². The molecule has 4 heterocycles. The normalized spacial score (nSPS) is 33.7. The van der Waals surface area contributed by atoms with E-state index in [1.54, 1.807) is 11.6 Å². The number of para-hydroxylation sites is 1. The summed E-state index contributed by atoms with van der Waals surface area (Å²) >= 11 is 0. The molecule has 3 saturated heterocycles. The van der Waals surface area contributed by atoms with Gasteiger partial charge in [-0.25, -0.2) is 4.68 Å². The van der Waals surface area contributed by atoms with Crippen LogP contribution >= 0.6 is 0 Å². The summed E-state index contributed by atoms with van der Waals surface area (Å²) in [6, 6.07) is 5.81. The van der Waals surface area contributed by atoms with Gasteiger partial charge in [-0.15, -0.1) is 5.10 Å². The van der Waals surface area contributed by atoms with Crippen molar-refractivity contribution in [3.05, 3.63) is 24.3 Å². The summed E-state index contributed by atoms with van der Waals surface area (Å²) in [5, 5.41) is 21.3. The first-order valence-electron chi connectivity index (χ1n) is 12.6. The minimum Gasteiger partial charge on any atom is -0.466 e. The van der Waals surface area contributed by atoms with E-state index in [-0.39, 0.29) is 31.7 Å². The fourth-order valence-electron chi connectivity index (χ4n) is 6.66. The van der Waals surface area contributed by atoms with E-state index in [2.05, 4.69) is 15.6 Å². The van der Waals surface area contributed by atoms with E-state index >= 15 is 0 Å². The molecule has 0 saturated carbocycles. The highest BCUT2D eigenvalue weighted by molar-refractivity contribution is 5.98. The van der Waals surface area contributed by atoms with E-state index < -0.39 is 47.0 Å². The Hall–Kier alpha value is -3.05. The average Bonchev–Trinajstić information content (AvgIpc) is 3.53. The summed E-state index contributed by atoms with van der Waals surface area (Å²) in [7, 11) is 0. The van der Waals surface area contributed by atoms with Gasteiger partial charge in [-0.2, -0.15) is 0 Å². The molecule has 5 rings (SSSR count). The Kier molecular flexibility index (Phi) is 6.03. The van der Waals surface area contributed by atoms with Crippen molar-refractivity contribution >= 4 is 28.8 Å². The zero-order valence-electron chi connectivity index (χ0n) is 21.0. The van der Waals surface area contributed by atoms with E-state index in [4.69, 9.17) is 9.47 Å². The van der Waals surface area contributed by atoms with Crippen LogP contribution in [0.1, 0.15) is 40.5 Å². The van der Waals surface area contributed by atoms with Crippen molar-refractivity contribution in [2.24, 2.45) is 17.8 Å². The number of carbonyl (C=O) groups is 3. The predicted octanol–water partition coefficient (Wildman–Crippen LogP) is 0.850. The number of esters is 1. The monoisotopic (exact) mass is 499 g/mol. The first-order valence-corrected chi connectivity index (χ1v) is 12.6. The topological polar surface area (TPSA) is 136 Å². The molecule has 36 heavy (non-hydrogen) atoms. The van der Waals surface area contributed by atoms with E-state index in [0.29, 0.717) is 18.4 Å². The van der Waals surface area contributed by atoms with Crippen LogP contribution in [0.25, 0.3) is 11.0 Å². The number of amides is 2. The van der Waals surface area contributed by atoms with Crippen molar-refractivity contribution < 1.29 is 29.0 Å². The number of aromatic nitrogens is 3. The Morgan fingerprint density at radius 3 is 2.78 bits per heavy atom. The van der Waals surface area contributed by atoms with E-state index in [0.717, 1.165) is 5.52 Å². The van der Waals surface area contributed by atoms with E-state index in [1.165, 1.54) is 4.90 Å². The van der Waals surface area contributed by atoms with Crippen LogP contribution in [0.15, 0.2) is 24.3 Å². The number of ether oxygens (including phenoxy) is 2. The quantitative estimate of drug-likeness (QED) is 0.510. The van der Waals surface area contributed by atoms with Gasteiger partial charge in [-0.1, -0.05) is 31.2 Å². The first kappa shape index (κ1) is 24.6. The number of hydrogen-bond donors (Lipinski definition) is 2. The number of aliphatic hydroxyl groups excluding tert-OH is 1. The first-order chi connectivity index (χ1) is 17.2. The molecule has 11 heteroatoms. The second-order valence-corrected chi connectivity index (χ2v) is 10.2. The van der Waals surface area contributed by atoms with Crippen molar-refractivity contribution in [3.63, 3.8) is 0 Å². The maximum Gasteiger partial charge on any atom is 0.312 e. The Morgan fingerprint density at radius 2 is 2.08 bits per heavy atom. The van der Waals surface area contributed by atoms with Gasteiger partial charge < -0.3 is 24.8 Å². The third-order valence-corrected chi connectivity index (χ3v) is 8.44. The van der Waals surface area contributed by atoms with Crippen LogP contribution in [0.5, 0.6) is 0 Å². The van der Waals surface area contributed by atoms with Crippen LogP contribution in [0.3, 0.4) is 0 Å².